The summed E-state index contributed by atoms with van der Waals surface area (Å²) in [5, 5.41) is 1.67. The van der Waals surface area contributed by atoms with Crippen LogP contribution in [-0.4, -0.2) is 11.0 Å². The summed E-state index contributed by atoms with van der Waals surface area (Å²) >= 11 is 11.1. The summed E-state index contributed by atoms with van der Waals surface area (Å²) in [6, 6.07) is 9.98. The van der Waals surface area contributed by atoms with Gasteiger partial charge in [-0.15, -0.1) is 0 Å². The Morgan fingerprint density at radius 3 is 2.79 bits per heavy atom. The van der Waals surface area contributed by atoms with Crippen LogP contribution in [0.2, 0.25) is 5.02 Å². The molecule has 0 spiro atoms. The van der Waals surface area contributed by atoms with Crippen molar-refractivity contribution in [1.82, 2.24) is 4.98 Å². The monoisotopic (exact) mass is 356 g/mol. The quantitative estimate of drug-likeness (QED) is 0.873. The maximum atomic E-state index is 6.07. The second-order valence-corrected chi connectivity index (χ2v) is 6.76. The average Bonchev–Trinajstić information content (AvgIpc) is 2.35. The zero-order chi connectivity index (χ0) is 13.8. The highest BCUT2D eigenvalue weighted by atomic mass is 79.9. The molecule has 1 atom stereocenters. The number of nitrogens with two attached hydrogens (primary N) is 1. The molecule has 1 heterocycles. The van der Waals surface area contributed by atoms with Gasteiger partial charge in [0.25, 0.3) is 0 Å². The van der Waals surface area contributed by atoms with Gasteiger partial charge in [-0.2, -0.15) is 0 Å². The second kappa shape index (κ2) is 6.75. The van der Waals surface area contributed by atoms with E-state index in [-0.39, 0.29) is 6.04 Å². The van der Waals surface area contributed by atoms with Crippen LogP contribution in [0, 0.1) is 0 Å². The van der Waals surface area contributed by atoms with Crippen molar-refractivity contribution in [3.05, 3.63) is 51.6 Å². The maximum absolute atomic E-state index is 6.07. The minimum Gasteiger partial charge on any atom is -0.328 e. The number of rotatable bonds is 4. The normalized spacial score (nSPS) is 12.4. The average molecular weight is 358 g/mol. The minimum absolute atomic E-state index is 0.124. The smallest absolute Gasteiger partial charge is 0.101 e. The molecule has 0 amide bonds. The van der Waals surface area contributed by atoms with Gasteiger partial charge >= 0.3 is 0 Å². The third kappa shape index (κ3) is 4.49. The van der Waals surface area contributed by atoms with Crippen LogP contribution in [0.25, 0.3) is 0 Å². The van der Waals surface area contributed by atoms with E-state index in [0.29, 0.717) is 0 Å². The van der Waals surface area contributed by atoms with E-state index >= 15 is 0 Å². The maximum Gasteiger partial charge on any atom is 0.101 e. The van der Waals surface area contributed by atoms with Crippen molar-refractivity contribution in [2.24, 2.45) is 5.73 Å². The van der Waals surface area contributed by atoms with Crippen molar-refractivity contribution in [3.8, 4) is 0 Å². The Kier molecular flexibility index (Phi) is 5.28. The molecule has 0 saturated carbocycles. The molecule has 2 rings (SSSR count). The lowest BCUT2D eigenvalue weighted by Gasteiger charge is -2.11. The molecule has 2 N–H and O–H groups in total. The fourth-order valence-corrected chi connectivity index (χ4v) is 3.08. The first kappa shape index (κ1) is 14.9. The highest BCUT2D eigenvalue weighted by Crippen LogP contribution is 2.32. The first-order chi connectivity index (χ1) is 9.04. The van der Waals surface area contributed by atoms with Crippen LogP contribution in [-0.2, 0) is 6.42 Å². The standard InChI is InChI=1S/C14H14BrClN2S/c1-9(17)6-10-2-4-12(16)7-13(10)19-14-5-3-11(15)8-18-14/h2-5,7-9H,6,17H2,1H3. The Labute approximate surface area is 130 Å². The number of hydrogen-bond acceptors (Lipinski definition) is 3. The Morgan fingerprint density at radius 1 is 1.37 bits per heavy atom. The lowest BCUT2D eigenvalue weighted by molar-refractivity contribution is 0.729. The van der Waals surface area contributed by atoms with Gasteiger partial charge in [-0.1, -0.05) is 29.4 Å². The molecule has 2 aromatic rings. The lowest BCUT2D eigenvalue weighted by Crippen LogP contribution is -2.18. The molecule has 2 nitrogen and oxygen atoms in total. The summed E-state index contributed by atoms with van der Waals surface area (Å²) in [6.45, 7) is 2.00. The molecule has 100 valence electrons. The molecule has 19 heavy (non-hydrogen) atoms. The molecule has 0 aliphatic heterocycles. The molecule has 1 aromatic carbocycles. The molecule has 0 fully saturated rings. The number of aromatic nitrogens is 1. The molecule has 0 saturated heterocycles. The molecular weight excluding hydrogens is 344 g/mol. The van der Waals surface area contributed by atoms with E-state index in [4.69, 9.17) is 17.3 Å². The topological polar surface area (TPSA) is 38.9 Å². The second-order valence-electron chi connectivity index (χ2n) is 4.35. The number of halogens is 2. The first-order valence-corrected chi connectivity index (χ1v) is 7.87. The van der Waals surface area contributed by atoms with E-state index in [1.165, 1.54) is 5.56 Å². The van der Waals surface area contributed by atoms with E-state index in [0.717, 1.165) is 25.8 Å². The molecule has 1 unspecified atom stereocenters. The lowest BCUT2D eigenvalue weighted by atomic mass is 10.1. The van der Waals surface area contributed by atoms with E-state index < -0.39 is 0 Å². The summed E-state index contributed by atoms with van der Waals surface area (Å²) in [4.78, 5) is 5.48. The van der Waals surface area contributed by atoms with E-state index in [1.54, 1.807) is 18.0 Å². The molecular formula is C14H14BrClN2S. The fourth-order valence-electron chi connectivity index (χ4n) is 1.67. The fraction of sp³-hybridized carbons (Fsp3) is 0.214. The number of nitrogens with zero attached hydrogens (tertiary/aromatic N) is 1. The summed E-state index contributed by atoms with van der Waals surface area (Å²) in [7, 11) is 0. The Hall–Kier alpha value is -0.550. The molecule has 0 bridgehead atoms. The Morgan fingerprint density at radius 2 is 2.16 bits per heavy atom. The highest BCUT2D eigenvalue weighted by Gasteiger charge is 2.08. The summed E-state index contributed by atoms with van der Waals surface area (Å²) in [5.41, 5.74) is 7.08. The van der Waals surface area contributed by atoms with Gasteiger partial charge in [0.1, 0.15) is 5.03 Å². The summed E-state index contributed by atoms with van der Waals surface area (Å²) in [5.74, 6) is 0. The number of hydrogen-bond donors (Lipinski definition) is 1. The van der Waals surface area contributed by atoms with Crippen LogP contribution in [0.15, 0.2) is 50.9 Å². The van der Waals surface area contributed by atoms with E-state index in [2.05, 4.69) is 20.9 Å². The largest absolute Gasteiger partial charge is 0.328 e. The first-order valence-electron chi connectivity index (χ1n) is 5.88. The highest BCUT2D eigenvalue weighted by molar-refractivity contribution is 9.10. The summed E-state index contributed by atoms with van der Waals surface area (Å²) in [6.07, 6.45) is 2.62. The molecule has 0 aliphatic carbocycles. The number of pyridine rings is 1. The van der Waals surface area contributed by atoms with Crippen molar-refractivity contribution in [2.75, 3.05) is 0 Å². The van der Waals surface area contributed by atoms with Crippen molar-refractivity contribution in [1.29, 1.82) is 0 Å². The van der Waals surface area contributed by atoms with Crippen molar-refractivity contribution >= 4 is 39.3 Å². The van der Waals surface area contributed by atoms with Crippen molar-refractivity contribution < 1.29 is 0 Å². The zero-order valence-corrected chi connectivity index (χ0v) is 13.6. The molecule has 0 aliphatic rings. The Balaban J connectivity index is 2.27. The Bertz CT molecular complexity index is 558. The third-order valence-corrected chi connectivity index (χ3v) is 4.24. The van der Waals surface area contributed by atoms with E-state index in [1.807, 2.05) is 37.3 Å². The third-order valence-electron chi connectivity index (χ3n) is 2.49. The van der Waals surface area contributed by atoms with Crippen molar-refractivity contribution in [3.63, 3.8) is 0 Å². The van der Waals surface area contributed by atoms with Gasteiger partial charge in [-0.3, -0.25) is 0 Å². The SMILES string of the molecule is CC(N)Cc1ccc(Cl)cc1Sc1ccc(Br)cn1. The number of benzene rings is 1. The van der Waals surface area contributed by atoms with Crippen molar-refractivity contribution in [2.45, 2.75) is 29.3 Å². The van der Waals surface area contributed by atoms with Gasteiger partial charge in [0.05, 0.1) is 0 Å². The van der Waals surface area contributed by atoms with Gasteiger partial charge in [-0.25, -0.2) is 4.98 Å². The summed E-state index contributed by atoms with van der Waals surface area (Å²) < 4.78 is 0.971. The van der Waals surface area contributed by atoms with Gasteiger partial charge in [0.15, 0.2) is 0 Å². The minimum atomic E-state index is 0.124. The molecule has 1 aromatic heterocycles. The van der Waals surface area contributed by atoms with Crippen LogP contribution >= 0.6 is 39.3 Å². The van der Waals surface area contributed by atoms with Gasteiger partial charge in [-0.05, 0) is 59.1 Å². The van der Waals surface area contributed by atoms with Crippen LogP contribution in [0.3, 0.4) is 0 Å². The van der Waals surface area contributed by atoms with Gasteiger partial charge in [0, 0.05) is 26.6 Å². The van der Waals surface area contributed by atoms with Crippen LogP contribution in [0.5, 0.6) is 0 Å². The zero-order valence-electron chi connectivity index (χ0n) is 10.4. The van der Waals surface area contributed by atoms with Gasteiger partial charge < -0.3 is 5.73 Å². The van der Waals surface area contributed by atoms with Crippen LogP contribution < -0.4 is 5.73 Å². The molecule has 5 heteroatoms. The van der Waals surface area contributed by atoms with Gasteiger partial charge in [0.2, 0.25) is 0 Å². The van der Waals surface area contributed by atoms with Crippen LogP contribution in [0.4, 0.5) is 0 Å². The predicted molar refractivity (Wildman–Crippen MR) is 84.9 cm³/mol. The molecule has 0 radical (unpaired) electrons. The van der Waals surface area contributed by atoms with Crippen LogP contribution in [0.1, 0.15) is 12.5 Å². The van der Waals surface area contributed by atoms with E-state index in [9.17, 15) is 0 Å². The predicted octanol–water partition coefficient (Wildman–Crippen LogP) is 4.54.